The zero-order valence-electron chi connectivity index (χ0n) is 11.7. The monoisotopic (exact) mass is 255 g/mol. The standard InChI is InChI=1S/C12H25N3OSi/c1-8(2)17(9(3)4,10(5)6)16-12-7-11(13)14-15-12/h7-10H,1-6H3,(H3,13,14,15). The summed E-state index contributed by atoms with van der Waals surface area (Å²) in [5, 5.41) is 6.84. The maximum atomic E-state index is 6.32. The van der Waals surface area contributed by atoms with Gasteiger partial charge >= 0.3 is 0 Å². The fourth-order valence-corrected chi connectivity index (χ4v) is 8.08. The minimum atomic E-state index is -1.89. The molecule has 0 aromatic carbocycles. The first-order chi connectivity index (χ1) is 7.80. The average Bonchev–Trinajstić information content (AvgIpc) is 2.58. The Morgan fingerprint density at radius 3 is 1.88 bits per heavy atom. The second kappa shape index (κ2) is 5.12. The van der Waals surface area contributed by atoms with Crippen molar-refractivity contribution in [3.63, 3.8) is 0 Å². The molecule has 0 aliphatic rings. The van der Waals surface area contributed by atoms with E-state index in [0.717, 1.165) is 0 Å². The van der Waals surface area contributed by atoms with Crippen molar-refractivity contribution in [1.29, 1.82) is 0 Å². The van der Waals surface area contributed by atoms with Crippen LogP contribution in [0.1, 0.15) is 41.5 Å². The van der Waals surface area contributed by atoms with E-state index >= 15 is 0 Å². The van der Waals surface area contributed by atoms with Crippen molar-refractivity contribution in [2.45, 2.75) is 58.2 Å². The van der Waals surface area contributed by atoms with Crippen LogP contribution in [0.4, 0.5) is 5.82 Å². The van der Waals surface area contributed by atoms with Gasteiger partial charge in [-0.2, -0.15) is 0 Å². The molecular formula is C12H25N3OSi. The molecule has 17 heavy (non-hydrogen) atoms. The number of nitrogens with two attached hydrogens (primary N) is 1. The van der Waals surface area contributed by atoms with Crippen LogP contribution in [0.2, 0.25) is 16.6 Å². The normalized spacial score (nSPS) is 12.8. The van der Waals surface area contributed by atoms with Crippen LogP contribution in [0, 0.1) is 0 Å². The van der Waals surface area contributed by atoms with Crippen molar-refractivity contribution in [2.75, 3.05) is 5.73 Å². The smallest absolute Gasteiger partial charge is 0.260 e. The quantitative estimate of drug-likeness (QED) is 0.791. The van der Waals surface area contributed by atoms with E-state index in [0.29, 0.717) is 28.3 Å². The number of aromatic amines is 1. The van der Waals surface area contributed by atoms with Crippen LogP contribution < -0.4 is 10.2 Å². The van der Waals surface area contributed by atoms with Gasteiger partial charge in [-0.3, -0.25) is 5.10 Å². The van der Waals surface area contributed by atoms with Crippen LogP contribution in [0.5, 0.6) is 5.88 Å². The van der Waals surface area contributed by atoms with Crippen molar-refractivity contribution < 1.29 is 4.43 Å². The lowest BCUT2D eigenvalue weighted by Gasteiger charge is -2.41. The van der Waals surface area contributed by atoms with Crippen molar-refractivity contribution >= 4 is 14.1 Å². The number of aromatic nitrogens is 2. The van der Waals surface area contributed by atoms with E-state index in [4.69, 9.17) is 10.2 Å². The molecule has 0 atom stereocenters. The van der Waals surface area contributed by atoms with Crippen LogP contribution in [0.3, 0.4) is 0 Å². The molecular weight excluding hydrogens is 230 g/mol. The molecule has 0 bridgehead atoms. The Balaban J connectivity index is 3.06. The molecule has 0 saturated heterocycles. The van der Waals surface area contributed by atoms with E-state index in [-0.39, 0.29) is 0 Å². The lowest BCUT2D eigenvalue weighted by molar-refractivity contribution is 0.463. The Morgan fingerprint density at radius 1 is 1.12 bits per heavy atom. The summed E-state index contributed by atoms with van der Waals surface area (Å²) < 4.78 is 6.32. The van der Waals surface area contributed by atoms with Crippen molar-refractivity contribution in [2.24, 2.45) is 0 Å². The highest BCUT2D eigenvalue weighted by Crippen LogP contribution is 2.42. The molecule has 1 heterocycles. The maximum Gasteiger partial charge on any atom is 0.260 e. The Labute approximate surface area is 105 Å². The van der Waals surface area contributed by atoms with Gasteiger partial charge in [0.2, 0.25) is 5.88 Å². The summed E-state index contributed by atoms with van der Waals surface area (Å²) in [6.45, 7) is 13.5. The number of nitrogen functional groups attached to an aromatic ring is 1. The summed E-state index contributed by atoms with van der Waals surface area (Å²) in [6.07, 6.45) is 0. The summed E-state index contributed by atoms with van der Waals surface area (Å²) >= 11 is 0. The van der Waals surface area contributed by atoms with Gasteiger partial charge in [-0.25, -0.2) is 0 Å². The van der Waals surface area contributed by atoms with E-state index in [9.17, 15) is 0 Å². The molecule has 1 aromatic heterocycles. The van der Waals surface area contributed by atoms with Gasteiger partial charge in [0.15, 0.2) is 0 Å². The first-order valence-corrected chi connectivity index (χ1v) is 8.44. The minimum Gasteiger partial charge on any atom is -0.529 e. The summed E-state index contributed by atoms with van der Waals surface area (Å²) in [6, 6.07) is 1.77. The molecule has 0 radical (unpaired) electrons. The predicted molar refractivity (Wildman–Crippen MR) is 74.7 cm³/mol. The third kappa shape index (κ3) is 2.65. The van der Waals surface area contributed by atoms with Crippen LogP contribution in [-0.4, -0.2) is 18.5 Å². The SMILES string of the molecule is CC(C)[Si](Oc1cc(N)[nH]n1)(C(C)C)C(C)C. The van der Waals surface area contributed by atoms with E-state index in [1.807, 2.05) is 0 Å². The molecule has 5 heteroatoms. The van der Waals surface area contributed by atoms with Crippen LogP contribution in [0.25, 0.3) is 0 Å². The summed E-state index contributed by atoms with van der Waals surface area (Å²) in [5.41, 5.74) is 7.27. The number of H-pyrrole nitrogens is 1. The van der Waals surface area contributed by atoms with E-state index < -0.39 is 8.32 Å². The van der Waals surface area contributed by atoms with E-state index in [2.05, 4.69) is 51.7 Å². The number of anilines is 1. The van der Waals surface area contributed by atoms with Crippen LogP contribution >= 0.6 is 0 Å². The molecule has 0 aliphatic heterocycles. The Bertz CT molecular complexity index is 339. The fourth-order valence-electron chi connectivity index (χ4n) is 2.90. The Kier molecular flexibility index (Phi) is 4.24. The highest BCUT2D eigenvalue weighted by Gasteiger charge is 2.47. The van der Waals surface area contributed by atoms with Crippen LogP contribution in [-0.2, 0) is 0 Å². The topological polar surface area (TPSA) is 63.9 Å². The highest BCUT2D eigenvalue weighted by atomic mass is 28.4. The molecule has 3 N–H and O–H groups in total. The molecule has 0 aliphatic carbocycles. The average molecular weight is 255 g/mol. The number of hydrogen-bond acceptors (Lipinski definition) is 3. The van der Waals surface area contributed by atoms with Gasteiger partial charge in [0.25, 0.3) is 8.32 Å². The first-order valence-electron chi connectivity index (χ1n) is 6.30. The largest absolute Gasteiger partial charge is 0.529 e. The van der Waals surface area contributed by atoms with Crippen molar-refractivity contribution in [3.05, 3.63) is 6.07 Å². The minimum absolute atomic E-state index is 0.542. The zero-order valence-corrected chi connectivity index (χ0v) is 12.7. The Morgan fingerprint density at radius 2 is 1.59 bits per heavy atom. The van der Waals surface area contributed by atoms with Gasteiger partial charge in [0, 0.05) is 6.07 Å². The first kappa shape index (κ1) is 14.1. The molecule has 0 amide bonds. The number of hydrogen-bond donors (Lipinski definition) is 2. The van der Waals surface area contributed by atoms with Crippen molar-refractivity contribution in [1.82, 2.24) is 10.2 Å². The van der Waals surface area contributed by atoms with E-state index in [1.54, 1.807) is 6.07 Å². The maximum absolute atomic E-state index is 6.32. The third-order valence-electron chi connectivity index (χ3n) is 3.56. The second-order valence-corrected chi connectivity index (χ2v) is 11.0. The van der Waals surface area contributed by atoms with Gasteiger partial charge in [-0.1, -0.05) is 41.5 Å². The molecule has 98 valence electrons. The van der Waals surface area contributed by atoms with Crippen molar-refractivity contribution in [3.8, 4) is 5.88 Å². The number of nitrogens with zero attached hydrogens (tertiary/aromatic N) is 1. The predicted octanol–water partition coefficient (Wildman–Crippen LogP) is 3.55. The third-order valence-corrected chi connectivity index (χ3v) is 9.54. The van der Waals surface area contributed by atoms with E-state index in [1.165, 1.54) is 0 Å². The molecule has 0 saturated carbocycles. The van der Waals surface area contributed by atoms with Gasteiger partial charge < -0.3 is 10.2 Å². The molecule has 4 nitrogen and oxygen atoms in total. The van der Waals surface area contributed by atoms with Gasteiger partial charge in [-0.05, 0) is 16.6 Å². The molecule has 0 spiro atoms. The number of rotatable bonds is 5. The zero-order chi connectivity index (χ0) is 13.2. The second-order valence-electron chi connectivity index (χ2n) is 5.58. The summed E-state index contributed by atoms with van der Waals surface area (Å²) in [7, 11) is -1.89. The summed E-state index contributed by atoms with van der Waals surface area (Å²) in [5.74, 6) is 1.20. The molecule has 0 fully saturated rings. The molecule has 1 aromatic rings. The highest BCUT2D eigenvalue weighted by molar-refractivity contribution is 6.78. The fraction of sp³-hybridized carbons (Fsp3) is 0.750. The van der Waals surface area contributed by atoms with Crippen LogP contribution in [0.15, 0.2) is 6.07 Å². The lowest BCUT2D eigenvalue weighted by atomic mass is 10.5. The van der Waals surface area contributed by atoms with Gasteiger partial charge in [0.1, 0.15) is 5.82 Å². The Hall–Kier alpha value is -0.973. The van der Waals surface area contributed by atoms with Gasteiger partial charge in [0.05, 0.1) is 0 Å². The number of nitrogens with one attached hydrogen (secondary N) is 1. The lowest BCUT2D eigenvalue weighted by Crippen LogP contribution is -2.50. The van der Waals surface area contributed by atoms with Gasteiger partial charge in [-0.15, -0.1) is 5.10 Å². The molecule has 1 rings (SSSR count). The molecule has 0 unspecified atom stereocenters. The summed E-state index contributed by atoms with van der Waals surface area (Å²) in [4.78, 5) is 0.